The summed E-state index contributed by atoms with van der Waals surface area (Å²) in [7, 11) is 0. The third-order valence-electron chi connectivity index (χ3n) is 10.9. The van der Waals surface area contributed by atoms with Gasteiger partial charge in [-0.15, -0.1) is 0 Å². The Labute approximate surface area is 287 Å². The number of nitrogens with zero attached hydrogens (tertiary/aromatic N) is 6. The average molecular weight is 649 g/mol. The average Bonchev–Trinajstić information content (AvgIpc) is 3.86. The Kier molecular flexibility index (Phi) is 5.20. The lowest BCUT2D eigenvalue weighted by Crippen LogP contribution is -2.25. The first-order valence-corrected chi connectivity index (χ1v) is 17.1. The monoisotopic (exact) mass is 648 g/mol. The fourth-order valence-corrected chi connectivity index (χ4v) is 8.37. The largest absolute Gasteiger partial charge is 0.457 e. The molecule has 1 aliphatic rings. The van der Waals surface area contributed by atoms with Crippen LogP contribution in [0.25, 0.3) is 67.1 Å². The molecule has 7 nitrogen and oxygen atoms in total. The lowest BCUT2D eigenvalue weighted by molar-refractivity contribution is 0.418. The highest BCUT2D eigenvalue weighted by Gasteiger charge is 2.35. The first kappa shape index (κ1) is 27.6. The number of ether oxygens (including phenoxy) is 1. The molecular weight excluding hydrogens is 617 g/mol. The third kappa shape index (κ3) is 3.43. The molecule has 0 N–H and O–H groups in total. The molecular formula is C43H32N6O. The van der Waals surface area contributed by atoms with Crippen LogP contribution in [0.3, 0.4) is 0 Å². The summed E-state index contributed by atoms with van der Waals surface area (Å²) in [5, 5.41) is 0. The molecule has 0 atom stereocenters. The molecule has 0 saturated heterocycles. The smallest absolute Gasteiger partial charge is 0.220 e. The molecule has 7 heteroatoms. The van der Waals surface area contributed by atoms with E-state index in [1.54, 1.807) is 0 Å². The van der Waals surface area contributed by atoms with Gasteiger partial charge in [0, 0.05) is 27.9 Å². The lowest BCUT2D eigenvalue weighted by Gasteiger charge is -2.35. The van der Waals surface area contributed by atoms with Crippen molar-refractivity contribution in [1.29, 1.82) is 0 Å². The molecule has 0 saturated carbocycles. The zero-order valence-electron chi connectivity index (χ0n) is 28.1. The van der Waals surface area contributed by atoms with Gasteiger partial charge in [-0.3, -0.25) is 17.9 Å². The molecule has 4 aromatic heterocycles. The van der Waals surface area contributed by atoms with Gasteiger partial charge in [0.15, 0.2) is 0 Å². The summed E-state index contributed by atoms with van der Waals surface area (Å²) in [5.74, 6) is 3.55. The fourth-order valence-electron chi connectivity index (χ4n) is 8.37. The van der Waals surface area contributed by atoms with Gasteiger partial charge in [0.25, 0.3) is 0 Å². The van der Waals surface area contributed by atoms with Crippen LogP contribution in [0.2, 0.25) is 0 Å². The lowest BCUT2D eigenvalue weighted by atomic mass is 9.75. The predicted octanol–water partition coefficient (Wildman–Crippen LogP) is 10.2. The van der Waals surface area contributed by atoms with Crippen LogP contribution in [-0.4, -0.2) is 27.9 Å². The molecule has 0 unspecified atom stereocenters. The minimum absolute atomic E-state index is 0.360. The zero-order valence-corrected chi connectivity index (χ0v) is 28.1. The van der Waals surface area contributed by atoms with Gasteiger partial charge < -0.3 is 4.74 Å². The number of hydrogen-bond acceptors (Lipinski definition) is 3. The van der Waals surface area contributed by atoms with Crippen LogP contribution in [0.4, 0.5) is 0 Å². The topological polar surface area (TPSA) is 53.7 Å². The number of fused-ring (bicyclic) bond motifs is 12. The van der Waals surface area contributed by atoms with Crippen molar-refractivity contribution in [2.45, 2.75) is 33.1 Å². The molecule has 11 rings (SSSR count). The Morgan fingerprint density at radius 1 is 0.480 bits per heavy atom. The van der Waals surface area contributed by atoms with Crippen molar-refractivity contribution in [2.24, 2.45) is 0 Å². The second kappa shape index (κ2) is 9.42. The SMILES string of the molecule is Cc1cccc2c1nc1n(-c3ccc4c(c3)C(C)(C)c3cc(-n5c6ccccc6n6c7cccc(C)c7nc56)ccc3O4)c3ccccc3n21. The number of hydrogen-bond donors (Lipinski definition) is 0. The molecule has 50 heavy (non-hydrogen) atoms. The maximum absolute atomic E-state index is 6.68. The van der Waals surface area contributed by atoms with E-state index in [0.717, 1.165) is 89.7 Å². The van der Waals surface area contributed by atoms with Crippen molar-refractivity contribution in [3.8, 4) is 22.9 Å². The van der Waals surface area contributed by atoms with Gasteiger partial charge in [0.1, 0.15) is 11.5 Å². The molecule has 240 valence electrons. The molecule has 0 bridgehead atoms. The van der Waals surface area contributed by atoms with Gasteiger partial charge in [-0.1, -0.05) is 62.4 Å². The molecule has 0 aliphatic carbocycles. The van der Waals surface area contributed by atoms with Crippen LogP contribution in [0.1, 0.15) is 36.1 Å². The first-order valence-electron chi connectivity index (χ1n) is 17.1. The molecule has 0 amide bonds. The highest BCUT2D eigenvalue weighted by Crippen LogP contribution is 2.49. The molecule has 1 aliphatic heterocycles. The minimum atomic E-state index is -0.360. The summed E-state index contributed by atoms with van der Waals surface area (Å²) in [6.07, 6.45) is 0. The summed E-state index contributed by atoms with van der Waals surface area (Å²) < 4.78 is 15.8. The van der Waals surface area contributed by atoms with Gasteiger partial charge in [0.05, 0.1) is 44.1 Å². The van der Waals surface area contributed by atoms with Crippen molar-refractivity contribution < 1.29 is 4.74 Å². The Bertz CT molecular complexity index is 2870. The van der Waals surface area contributed by atoms with E-state index in [-0.39, 0.29) is 5.41 Å². The Hall–Kier alpha value is -6.34. The number of benzene rings is 6. The maximum Gasteiger partial charge on any atom is 0.220 e. The zero-order chi connectivity index (χ0) is 33.5. The van der Waals surface area contributed by atoms with E-state index in [1.165, 1.54) is 11.1 Å². The first-order chi connectivity index (χ1) is 24.4. The van der Waals surface area contributed by atoms with Crippen molar-refractivity contribution >= 4 is 55.7 Å². The van der Waals surface area contributed by atoms with Gasteiger partial charge in [-0.2, -0.15) is 0 Å². The molecule has 0 radical (unpaired) electrons. The minimum Gasteiger partial charge on any atom is -0.457 e. The summed E-state index contributed by atoms with van der Waals surface area (Å²) in [4.78, 5) is 10.4. The van der Waals surface area contributed by atoms with Crippen LogP contribution >= 0.6 is 0 Å². The number of rotatable bonds is 2. The van der Waals surface area contributed by atoms with E-state index >= 15 is 0 Å². The van der Waals surface area contributed by atoms with Gasteiger partial charge in [0.2, 0.25) is 11.6 Å². The second-order valence-corrected chi connectivity index (χ2v) is 14.1. The van der Waals surface area contributed by atoms with Gasteiger partial charge >= 0.3 is 0 Å². The predicted molar refractivity (Wildman–Crippen MR) is 201 cm³/mol. The summed E-state index contributed by atoms with van der Waals surface area (Å²) in [6.45, 7) is 8.86. The van der Waals surface area contributed by atoms with Crippen molar-refractivity contribution in [1.82, 2.24) is 27.9 Å². The van der Waals surface area contributed by atoms with Crippen LogP contribution < -0.4 is 4.74 Å². The second-order valence-electron chi connectivity index (χ2n) is 14.1. The molecule has 10 aromatic rings. The van der Waals surface area contributed by atoms with Crippen molar-refractivity contribution in [3.63, 3.8) is 0 Å². The van der Waals surface area contributed by atoms with Crippen LogP contribution in [0.15, 0.2) is 121 Å². The van der Waals surface area contributed by atoms with Gasteiger partial charge in [-0.25, -0.2) is 9.97 Å². The third-order valence-corrected chi connectivity index (χ3v) is 10.9. The van der Waals surface area contributed by atoms with E-state index in [0.29, 0.717) is 0 Å². The molecule has 0 fully saturated rings. The van der Waals surface area contributed by atoms with E-state index < -0.39 is 0 Å². The molecule has 6 aromatic carbocycles. The fraction of sp³-hybridized carbons (Fsp3) is 0.116. The summed E-state index contributed by atoms with van der Waals surface area (Å²) in [6, 6.07) is 43.0. The van der Waals surface area contributed by atoms with Gasteiger partial charge in [-0.05, 0) is 97.8 Å². The van der Waals surface area contributed by atoms with Crippen LogP contribution in [0, 0.1) is 13.8 Å². The summed E-state index contributed by atoms with van der Waals surface area (Å²) >= 11 is 0. The Balaban J connectivity index is 1.11. The highest BCUT2D eigenvalue weighted by atomic mass is 16.5. The maximum atomic E-state index is 6.68. The number of aryl methyl sites for hydroxylation is 2. The van der Waals surface area contributed by atoms with Crippen molar-refractivity contribution in [2.75, 3.05) is 0 Å². The standard InChI is InChI=1S/C43H32N6O/c1-25-11-9-17-35-39(25)44-41-46(31-13-5-7-15-33(31)48(35)41)27-19-21-37-29(23-27)43(3,4)30-24-28(20-22-38(30)50-37)47-32-14-6-8-16-34(32)49-36-18-10-12-26(2)40(36)45-42(47)49/h5-24H,1-4H3. The number of para-hydroxylation sites is 6. The quantitative estimate of drug-likeness (QED) is 0.187. The normalized spacial score (nSPS) is 13.9. The molecule has 0 spiro atoms. The summed E-state index contributed by atoms with van der Waals surface area (Å²) in [5.41, 5.74) is 15.1. The molecule has 5 heterocycles. The Morgan fingerprint density at radius 2 is 0.900 bits per heavy atom. The van der Waals surface area contributed by atoms with Crippen LogP contribution in [0.5, 0.6) is 11.5 Å². The van der Waals surface area contributed by atoms with E-state index in [2.05, 4.69) is 167 Å². The highest BCUT2D eigenvalue weighted by molar-refractivity contribution is 5.94. The van der Waals surface area contributed by atoms with Crippen LogP contribution in [-0.2, 0) is 5.41 Å². The van der Waals surface area contributed by atoms with E-state index in [9.17, 15) is 0 Å². The van der Waals surface area contributed by atoms with Crippen molar-refractivity contribution in [3.05, 3.63) is 144 Å². The van der Waals surface area contributed by atoms with E-state index in [4.69, 9.17) is 14.7 Å². The van der Waals surface area contributed by atoms with E-state index in [1.807, 2.05) is 0 Å². The number of imidazole rings is 4. The number of aromatic nitrogens is 6. The Morgan fingerprint density at radius 3 is 1.36 bits per heavy atom.